The Kier molecular flexibility index (Phi) is 7.45. The molecule has 0 atom stereocenters. The number of anilines is 2. The van der Waals surface area contributed by atoms with Gasteiger partial charge in [-0.3, -0.25) is 0 Å². The zero-order valence-corrected chi connectivity index (χ0v) is 32.6. The van der Waals surface area contributed by atoms with E-state index >= 15 is 0 Å². The molecule has 0 amide bonds. The van der Waals surface area contributed by atoms with E-state index in [9.17, 15) is 0 Å². The predicted octanol–water partition coefficient (Wildman–Crippen LogP) is 15.2. The third kappa shape index (κ3) is 4.82. The fourth-order valence-corrected chi connectivity index (χ4v) is 11.4. The van der Waals surface area contributed by atoms with Crippen molar-refractivity contribution in [3.8, 4) is 33.4 Å². The summed E-state index contributed by atoms with van der Waals surface area (Å²) in [5.74, 6) is 0. The molecule has 2 heteroatoms. The van der Waals surface area contributed by atoms with E-state index in [0.29, 0.717) is 0 Å². The van der Waals surface area contributed by atoms with Gasteiger partial charge in [0.1, 0.15) is 0 Å². The molecule has 0 fully saturated rings. The highest BCUT2D eigenvalue weighted by molar-refractivity contribution is 7.26. The number of allylic oxidation sites excluding steroid dienone is 5. The van der Waals surface area contributed by atoms with Gasteiger partial charge in [0, 0.05) is 37.6 Å². The molecule has 0 aliphatic heterocycles. The summed E-state index contributed by atoms with van der Waals surface area (Å²) >= 11 is 1.88. The van der Waals surface area contributed by atoms with E-state index in [4.69, 9.17) is 0 Å². The predicted molar refractivity (Wildman–Crippen MR) is 246 cm³/mol. The van der Waals surface area contributed by atoms with E-state index in [-0.39, 0.29) is 5.41 Å². The number of benzene rings is 8. The third-order valence-corrected chi connectivity index (χ3v) is 13.8. The first-order chi connectivity index (χ1) is 28.8. The average Bonchev–Trinajstić information content (AvgIpc) is 3.93. The average molecular weight is 756 g/mol. The van der Waals surface area contributed by atoms with Gasteiger partial charge in [0.05, 0.1) is 11.1 Å². The van der Waals surface area contributed by atoms with Crippen molar-refractivity contribution in [3.05, 3.63) is 246 Å². The van der Waals surface area contributed by atoms with Gasteiger partial charge in [-0.15, -0.1) is 11.3 Å². The van der Waals surface area contributed by atoms with Gasteiger partial charge in [0.2, 0.25) is 0 Å². The number of nitrogens with zero attached hydrogens (tertiary/aromatic N) is 1. The smallest absolute Gasteiger partial charge is 0.0722 e. The molecule has 12 rings (SSSR count). The zero-order chi connectivity index (χ0) is 38.2. The Hall–Kier alpha value is -7.00. The number of thiophene rings is 1. The second-order valence-corrected chi connectivity index (χ2v) is 16.6. The van der Waals surface area contributed by atoms with Crippen molar-refractivity contribution in [1.29, 1.82) is 0 Å². The Bertz CT molecular complexity index is 3150. The molecule has 1 spiro atoms. The standard InChI is InChI=1S/C56H37NS/c1-2-15-38(16-3-1)41-17-7-12-27-53(41)57(40-32-30-39(31-33-40)42-22-14-23-47-46-21-8-13-28-54(46)58-55(42)47)36-37-29-34-52-48(35-37)45-20-6-11-26-51(45)56(52)49-24-9-4-18-43(49)44-19-5-10-25-50(44)56/h1-34,36H,35H2/b37-36-. The van der Waals surface area contributed by atoms with Crippen LogP contribution in [-0.4, -0.2) is 0 Å². The number of hydrogen-bond acceptors (Lipinski definition) is 2. The van der Waals surface area contributed by atoms with Crippen molar-refractivity contribution in [2.45, 2.75) is 11.8 Å². The van der Waals surface area contributed by atoms with E-state index in [2.05, 4.69) is 217 Å². The molecule has 1 nitrogen and oxygen atoms in total. The zero-order valence-electron chi connectivity index (χ0n) is 31.8. The Balaban J connectivity index is 1.00. The minimum atomic E-state index is -0.326. The number of para-hydroxylation sites is 1. The maximum atomic E-state index is 2.43. The Labute approximate surface area is 342 Å². The molecule has 0 N–H and O–H groups in total. The summed E-state index contributed by atoms with van der Waals surface area (Å²) in [4.78, 5) is 2.41. The molecule has 3 aliphatic carbocycles. The molecule has 3 aliphatic rings. The fraction of sp³-hybridized carbons (Fsp3) is 0.0357. The summed E-state index contributed by atoms with van der Waals surface area (Å²) in [6.07, 6.45) is 8.03. The summed E-state index contributed by atoms with van der Waals surface area (Å²) in [6, 6.07) is 71.5. The number of hydrogen-bond donors (Lipinski definition) is 0. The summed E-state index contributed by atoms with van der Waals surface area (Å²) in [6.45, 7) is 0. The minimum Gasteiger partial charge on any atom is -0.316 e. The van der Waals surface area contributed by atoms with E-state index in [1.807, 2.05) is 11.3 Å². The Morgan fingerprint density at radius 2 is 1.02 bits per heavy atom. The van der Waals surface area contributed by atoms with Gasteiger partial charge >= 0.3 is 0 Å². The first-order valence-corrected chi connectivity index (χ1v) is 20.9. The Morgan fingerprint density at radius 3 is 1.78 bits per heavy atom. The van der Waals surface area contributed by atoms with Crippen molar-refractivity contribution in [1.82, 2.24) is 0 Å². The normalized spacial score (nSPS) is 15.2. The Morgan fingerprint density at radius 1 is 0.448 bits per heavy atom. The van der Waals surface area contributed by atoms with E-state index in [1.165, 1.54) is 92.5 Å². The van der Waals surface area contributed by atoms with Crippen LogP contribution in [-0.2, 0) is 5.41 Å². The van der Waals surface area contributed by atoms with Crippen LogP contribution in [0.2, 0.25) is 0 Å². The van der Waals surface area contributed by atoms with Crippen LogP contribution < -0.4 is 4.90 Å². The lowest BCUT2D eigenvalue weighted by Gasteiger charge is -2.32. The quantitative estimate of drug-likeness (QED) is 0.169. The van der Waals surface area contributed by atoms with Crippen molar-refractivity contribution in [2.75, 3.05) is 4.90 Å². The number of fused-ring (bicyclic) bond motifs is 12. The molecule has 0 radical (unpaired) electrons. The van der Waals surface area contributed by atoms with Crippen molar-refractivity contribution < 1.29 is 0 Å². The highest BCUT2D eigenvalue weighted by Crippen LogP contribution is 2.63. The first-order valence-electron chi connectivity index (χ1n) is 20.1. The van der Waals surface area contributed by atoms with Crippen molar-refractivity contribution in [2.24, 2.45) is 0 Å². The van der Waals surface area contributed by atoms with Crippen LogP contribution in [0.5, 0.6) is 0 Å². The minimum absolute atomic E-state index is 0.326. The highest BCUT2D eigenvalue weighted by atomic mass is 32.1. The van der Waals surface area contributed by atoms with E-state index < -0.39 is 0 Å². The molecule has 0 saturated carbocycles. The molecule has 9 aromatic rings. The summed E-state index contributed by atoms with van der Waals surface area (Å²) in [7, 11) is 0. The molecular formula is C56H37NS. The molecule has 0 bridgehead atoms. The second kappa shape index (κ2) is 13.0. The second-order valence-electron chi connectivity index (χ2n) is 15.6. The molecule has 0 saturated heterocycles. The molecule has 0 unspecified atom stereocenters. The van der Waals surface area contributed by atoms with Gasteiger partial charge in [-0.25, -0.2) is 0 Å². The van der Waals surface area contributed by atoms with Gasteiger partial charge in [-0.1, -0.05) is 182 Å². The van der Waals surface area contributed by atoms with Crippen molar-refractivity contribution >= 4 is 48.5 Å². The lowest BCUT2D eigenvalue weighted by molar-refractivity contribution is 0.784. The maximum absolute atomic E-state index is 2.43. The third-order valence-electron chi connectivity index (χ3n) is 12.6. The maximum Gasteiger partial charge on any atom is 0.0722 e. The number of rotatable bonds is 5. The molecule has 8 aromatic carbocycles. The summed E-state index contributed by atoms with van der Waals surface area (Å²) in [5.41, 5.74) is 19.1. The van der Waals surface area contributed by atoms with Crippen LogP contribution in [0.4, 0.5) is 11.4 Å². The van der Waals surface area contributed by atoms with E-state index in [1.54, 1.807) is 0 Å². The molecule has 1 aromatic heterocycles. The van der Waals surface area contributed by atoms with Gasteiger partial charge in [0.15, 0.2) is 0 Å². The van der Waals surface area contributed by atoms with Gasteiger partial charge < -0.3 is 4.90 Å². The van der Waals surface area contributed by atoms with Crippen LogP contribution in [0.3, 0.4) is 0 Å². The van der Waals surface area contributed by atoms with Crippen LogP contribution in [0, 0.1) is 0 Å². The first kappa shape index (κ1) is 33.2. The monoisotopic (exact) mass is 755 g/mol. The summed E-state index contributed by atoms with van der Waals surface area (Å²) in [5, 5.41) is 2.65. The van der Waals surface area contributed by atoms with Crippen molar-refractivity contribution in [3.63, 3.8) is 0 Å². The van der Waals surface area contributed by atoms with Crippen LogP contribution >= 0.6 is 11.3 Å². The van der Waals surface area contributed by atoms with Gasteiger partial charge in [-0.2, -0.15) is 0 Å². The van der Waals surface area contributed by atoms with Gasteiger partial charge in [0.25, 0.3) is 0 Å². The summed E-state index contributed by atoms with van der Waals surface area (Å²) < 4.78 is 2.66. The highest BCUT2D eigenvalue weighted by Gasteiger charge is 2.52. The SMILES string of the molecule is C1=C/C(=C/N(c2ccc(-c3cccc4c3sc3ccccc34)cc2)c2ccccc2-c2ccccc2)CC2=C1C1(c3ccccc32)c2ccccc2-c2ccccc21. The lowest BCUT2D eigenvalue weighted by Crippen LogP contribution is -2.27. The topological polar surface area (TPSA) is 3.24 Å². The molecule has 272 valence electrons. The lowest BCUT2D eigenvalue weighted by atomic mass is 9.69. The van der Waals surface area contributed by atoms with Crippen LogP contribution in [0.15, 0.2) is 224 Å². The molecular weight excluding hydrogens is 719 g/mol. The van der Waals surface area contributed by atoms with Crippen LogP contribution in [0.1, 0.15) is 28.7 Å². The van der Waals surface area contributed by atoms with Crippen LogP contribution in [0.25, 0.3) is 59.1 Å². The van der Waals surface area contributed by atoms with E-state index in [0.717, 1.165) is 17.8 Å². The largest absolute Gasteiger partial charge is 0.316 e. The van der Waals surface area contributed by atoms with Gasteiger partial charge in [-0.05, 0) is 97.5 Å². The molecule has 58 heavy (non-hydrogen) atoms. The molecule has 1 heterocycles. The fourth-order valence-electron chi connectivity index (χ4n) is 10.1.